The fourth-order valence-electron chi connectivity index (χ4n) is 1.27. The zero-order chi connectivity index (χ0) is 13.7. The van der Waals surface area contributed by atoms with Gasteiger partial charge in [-0.25, -0.2) is 0 Å². The van der Waals surface area contributed by atoms with E-state index in [0.717, 1.165) is 4.79 Å². The van der Waals surface area contributed by atoms with Gasteiger partial charge in [-0.2, -0.15) is 5.10 Å². The number of hydrogen-bond donors (Lipinski definition) is 1. The van der Waals surface area contributed by atoms with Crippen LogP contribution in [0.5, 0.6) is 0 Å². The maximum atomic E-state index is 10.6. The van der Waals surface area contributed by atoms with Gasteiger partial charge < -0.3 is 5.73 Å². The summed E-state index contributed by atoms with van der Waals surface area (Å²) in [6, 6.07) is 6.22. The Bertz CT molecular complexity index is 647. The lowest BCUT2D eigenvalue weighted by Crippen LogP contribution is -1.98. The molecule has 0 saturated heterocycles. The monoisotopic (exact) mass is 259 g/mol. The van der Waals surface area contributed by atoms with Crippen molar-refractivity contribution in [1.29, 1.82) is 0 Å². The van der Waals surface area contributed by atoms with Crippen molar-refractivity contribution in [2.75, 3.05) is 5.73 Å². The number of anilines is 1. The molecular formula is C10H9N7O2. The molecule has 0 bridgehead atoms. The molecule has 0 amide bonds. The number of nitrogen functional groups attached to an aromatic ring is 1. The summed E-state index contributed by atoms with van der Waals surface area (Å²) in [6.45, 7) is 0. The van der Waals surface area contributed by atoms with Gasteiger partial charge in [0, 0.05) is 18.3 Å². The lowest BCUT2D eigenvalue weighted by molar-refractivity contribution is -0.384. The lowest BCUT2D eigenvalue weighted by atomic mass is 10.2. The molecule has 0 radical (unpaired) electrons. The van der Waals surface area contributed by atoms with E-state index in [2.05, 4.69) is 20.6 Å². The van der Waals surface area contributed by atoms with E-state index in [1.165, 1.54) is 18.3 Å². The number of tetrazole rings is 1. The van der Waals surface area contributed by atoms with Crippen LogP contribution in [0.1, 0.15) is 5.56 Å². The van der Waals surface area contributed by atoms with Gasteiger partial charge in [0.15, 0.2) is 0 Å². The average Bonchev–Trinajstić information content (AvgIpc) is 2.81. The highest BCUT2D eigenvalue weighted by Crippen LogP contribution is 2.13. The summed E-state index contributed by atoms with van der Waals surface area (Å²) in [6.07, 6.45) is 4.68. The van der Waals surface area contributed by atoms with Gasteiger partial charge in [-0.3, -0.25) is 10.1 Å². The minimum absolute atomic E-state index is 0.0313. The Hall–Kier alpha value is -3.10. The molecule has 0 fully saturated rings. The molecule has 96 valence electrons. The molecule has 0 aliphatic rings. The topological polar surface area (TPSA) is 125 Å². The molecule has 0 spiro atoms. The van der Waals surface area contributed by atoms with Crippen LogP contribution in [0.15, 0.2) is 35.4 Å². The van der Waals surface area contributed by atoms with Crippen molar-refractivity contribution in [3.05, 3.63) is 46.0 Å². The first-order valence-electron chi connectivity index (χ1n) is 5.16. The van der Waals surface area contributed by atoms with Crippen LogP contribution in [0.25, 0.3) is 6.08 Å². The molecule has 1 aromatic heterocycles. The second kappa shape index (κ2) is 5.49. The molecule has 19 heavy (non-hydrogen) atoms. The molecule has 2 rings (SSSR count). The van der Waals surface area contributed by atoms with E-state index in [-0.39, 0.29) is 11.6 Å². The SMILES string of the molecule is Nc1nnnn1/N=C\C=C/c1cccc([N+](=O)[O-])c1. The maximum Gasteiger partial charge on any atom is 0.270 e. The van der Waals surface area contributed by atoms with E-state index in [0.29, 0.717) is 5.56 Å². The lowest BCUT2D eigenvalue weighted by Gasteiger charge is -1.93. The van der Waals surface area contributed by atoms with Crippen molar-refractivity contribution >= 4 is 23.9 Å². The van der Waals surface area contributed by atoms with Gasteiger partial charge in [0.25, 0.3) is 11.6 Å². The zero-order valence-electron chi connectivity index (χ0n) is 9.62. The molecule has 0 aliphatic carbocycles. The van der Waals surface area contributed by atoms with Gasteiger partial charge in [0.1, 0.15) is 0 Å². The molecule has 0 aliphatic heterocycles. The van der Waals surface area contributed by atoms with Crippen molar-refractivity contribution in [1.82, 2.24) is 20.3 Å². The van der Waals surface area contributed by atoms with Crippen molar-refractivity contribution in [2.24, 2.45) is 5.10 Å². The third-order valence-electron chi connectivity index (χ3n) is 2.11. The Morgan fingerprint density at radius 3 is 3.00 bits per heavy atom. The quantitative estimate of drug-likeness (QED) is 0.489. The number of hydrogen-bond acceptors (Lipinski definition) is 7. The number of allylic oxidation sites excluding steroid dienone is 1. The normalized spacial score (nSPS) is 11.4. The molecule has 1 aromatic carbocycles. The molecule has 1 heterocycles. The number of nitrogens with zero attached hydrogens (tertiary/aromatic N) is 6. The summed E-state index contributed by atoms with van der Waals surface area (Å²) < 4.78 is 0. The summed E-state index contributed by atoms with van der Waals surface area (Å²) in [7, 11) is 0. The zero-order valence-corrected chi connectivity index (χ0v) is 9.62. The molecule has 0 atom stereocenters. The third kappa shape index (κ3) is 3.19. The number of nitrogens with two attached hydrogens (primary N) is 1. The van der Waals surface area contributed by atoms with Crippen molar-refractivity contribution in [3.8, 4) is 0 Å². The summed E-state index contributed by atoms with van der Waals surface area (Å²) in [4.78, 5) is 11.2. The number of benzene rings is 1. The number of non-ortho nitro benzene ring substituents is 1. The Balaban J connectivity index is 2.07. The fraction of sp³-hybridized carbons (Fsp3) is 0. The van der Waals surface area contributed by atoms with Crippen LogP contribution in [0.2, 0.25) is 0 Å². The average molecular weight is 259 g/mol. The summed E-state index contributed by atoms with van der Waals surface area (Å²) >= 11 is 0. The molecule has 0 unspecified atom stereocenters. The van der Waals surface area contributed by atoms with Crippen LogP contribution in [0, 0.1) is 10.1 Å². The molecule has 2 aromatic rings. The third-order valence-corrected chi connectivity index (χ3v) is 2.11. The fourth-order valence-corrected chi connectivity index (χ4v) is 1.27. The van der Waals surface area contributed by atoms with E-state index in [4.69, 9.17) is 5.73 Å². The molecule has 0 saturated carbocycles. The van der Waals surface area contributed by atoms with Crippen molar-refractivity contribution in [2.45, 2.75) is 0 Å². The van der Waals surface area contributed by atoms with Gasteiger partial charge in [0.05, 0.1) is 4.92 Å². The molecule has 9 nitrogen and oxygen atoms in total. The smallest absolute Gasteiger partial charge is 0.270 e. The van der Waals surface area contributed by atoms with E-state index in [1.807, 2.05) is 0 Å². The number of nitro benzene ring substituents is 1. The number of nitro groups is 1. The van der Waals surface area contributed by atoms with Crippen LogP contribution in [0.4, 0.5) is 11.6 Å². The van der Waals surface area contributed by atoms with Crippen LogP contribution < -0.4 is 5.73 Å². The van der Waals surface area contributed by atoms with Gasteiger partial charge in [-0.15, -0.1) is 0 Å². The van der Waals surface area contributed by atoms with Gasteiger partial charge in [0.2, 0.25) is 0 Å². The predicted octanol–water partition coefficient (Wildman–Crippen LogP) is 0.711. The first kappa shape index (κ1) is 12.4. The molecule has 9 heteroatoms. The second-order valence-electron chi connectivity index (χ2n) is 3.40. The van der Waals surface area contributed by atoms with Gasteiger partial charge in [-0.1, -0.05) is 28.1 Å². The standard InChI is InChI=1S/C10H9N7O2/c11-10-13-14-15-16(10)12-6-2-4-8-3-1-5-9(7-8)17(18)19/h1-7H,(H2,11,13,15)/b4-2-,12-6-. The van der Waals surface area contributed by atoms with Crippen LogP contribution in [0.3, 0.4) is 0 Å². The largest absolute Gasteiger partial charge is 0.365 e. The number of rotatable bonds is 4. The Kier molecular flexibility index (Phi) is 3.57. The Morgan fingerprint density at radius 2 is 2.32 bits per heavy atom. The Morgan fingerprint density at radius 1 is 1.47 bits per heavy atom. The highest BCUT2D eigenvalue weighted by Gasteiger charge is 2.03. The highest BCUT2D eigenvalue weighted by molar-refractivity contribution is 5.78. The van der Waals surface area contributed by atoms with E-state index >= 15 is 0 Å². The van der Waals surface area contributed by atoms with Crippen molar-refractivity contribution in [3.63, 3.8) is 0 Å². The van der Waals surface area contributed by atoms with Crippen LogP contribution in [-0.2, 0) is 0 Å². The van der Waals surface area contributed by atoms with Crippen LogP contribution in [-0.4, -0.2) is 31.5 Å². The second-order valence-corrected chi connectivity index (χ2v) is 3.40. The molecular weight excluding hydrogens is 250 g/mol. The molecule has 2 N–H and O–H groups in total. The van der Waals surface area contributed by atoms with E-state index in [9.17, 15) is 10.1 Å². The van der Waals surface area contributed by atoms with Gasteiger partial charge >= 0.3 is 0 Å². The number of aromatic nitrogens is 4. The minimum Gasteiger partial charge on any atom is -0.365 e. The van der Waals surface area contributed by atoms with E-state index < -0.39 is 4.92 Å². The minimum atomic E-state index is -0.451. The predicted molar refractivity (Wildman–Crippen MR) is 68.2 cm³/mol. The highest BCUT2D eigenvalue weighted by atomic mass is 16.6. The van der Waals surface area contributed by atoms with E-state index in [1.54, 1.807) is 24.3 Å². The summed E-state index contributed by atoms with van der Waals surface area (Å²) in [5.41, 5.74) is 6.12. The van der Waals surface area contributed by atoms with Crippen molar-refractivity contribution < 1.29 is 4.92 Å². The summed E-state index contributed by atoms with van der Waals surface area (Å²) in [5, 5.41) is 24.7. The Labute approximate surface area is 107 Å². The van der Waals surface area contributed by atoms with Crippen LogP contribution >= 0.6 is 0 Å². The summed E-state index contributed by atoms with van der Waals surface area (Å²) in [5.74, 6) is 0.0694. The maximum absolute atomic E-state index is 10.6. The van der Waals surface area contributed by atoms with Gasteiger partial charge in [-0.05, 0) is 22.1 Å². The first-order valence-corrected chi connectivity index (χ1v) is 5.16. The first-order chi connectivity index (χ1) is 9.16.